The van der Waals surface area contributed by atoms with Gasteiger partial charge in [-0.25, -0.2) is 0 Å². The van der Waals surface area contributed by atoms with E-state index in [1.807, 2.05) is 0 Å². The van der Waals surface area contributed by atoms with E-state index in [4.69, 9.17) is 16.3 Å². The summed E-state index contributed by atoms with van der Waals surface area (Å²) in [6.07, 6.45) is 1.89. The lowest BCUT2D eigenvalue weighted by Crippen LogP contribution is -2.38. The van der Waals surface area contributed by atoms with Crippen LogP contribution in [0.15, 0.2) is 0 Å². The first-order valence-electron chi connectivity index (χ1n) is 5.47. The molecule has 1 unspecified atom stereocenters. The molecule has 1 aromatic rings. The van der Waals surface area contributed by atoms with Crippen LogP contribution in [0.25, 0.3) is 0 Å². The van der Waals surface area contributed by atoms with Crippen molar-refractivity contribution in [1.82, 2.24) is 14.5 Å². The molecule has 0 spiro atoms. The number of carbonyl (C=O) groups excluding carboxylic acids is 1. The minimum Gasteiger partial charge on any atom is -0.469 e. The summed E-state index contributed by atoms with van der Waals surface area (Å²) < 4.78 is 9.21. The summed E-state index contributed by atoms with van der Waals surface area (Å²) in [7, 11) is 1.43. The van der Waals surface area contributed by atoms with Gasteiger partial charge < -0.3 is 4.74 Å². The topological polar surface area (TPSA) is 55.3 Å². The molecule has 94 valence electrons. The van der Waals surface area contributed by atoms with Gasteiger partial charge in [0.2, 0.25) is 0 Å². The molecule has 5 nitrogen and oxygen atoms in total. The first-order valence-corrected chi connectivity index (χ1v) is 6.62. The Kier molecular flexibility index (Phi) is 4.31. The van der Waals surface area contributed by atoms with E-state index in [0.29, 0.717) is 17.4 Å². The number of carbonyl (C=O) groups is 1. The molecule has 0 N–H and O–H groups in total. The number of piperidine rings is 1. The molecular weight excluding hydrogens is 262 g/mol. The molecule has 2 heterocycles. The number of likely N-dealkylation sites (tertiary alicyclic amines) is 1. The number of hydrogen-bond donors (Lipinski definition) is 0. The third-order valence-corrected chi connectivity index (χ3v) is 3.91. The van der Waals surface area contributed by atoms with Gasteiger partial charge in [0.25, 0.3) is 0 Å². The van der Waals surface area contributed by atoms with Crippen molar-refractivity contribution in [2.75, 3.05) is 20.2 Å². The zero-order chi connectivity index (χ0) is 12.3. The quantitative estimate of drug-likeness (QED) is 0.784. The molecule has 2 rings (SSSR count). The van der Waals surface area contributed by atoms with Crippen molar-refractivity contribution in [2.45, 2.75) is 19.4 Å². The SMILES string of the molecule is COC(=O)C1CCCN(Cc2nnsc2Cl)C1. The van der Waals surface area contributed by atoms with Crippen LogP contribution in [0, 0.1) is 5.92 Å². The summed E-state index contributed by atoms with van der Waals surface area (Å²) in [4.78, 5) is 13.7. The van der Waals surface area contributed by atoms with Crippen molar-refractivity contribution in [1.29, 1.82) is 0 Å². The molecule has 0 radical (unpaired) electrons. The zero-order valence-corrected chi connectivity index (χ0v) is 11.1. The molecule has 1 atom stereocenters. The van der Waals surface area contributed by atoms with E-state index >= 15 is 0 Å². The van der Waals surface area contributed by atoms with E-state index in [1.54, 1.807) is 0 Å². The van der Waals surface area contributed by atoms with Crippen LogP contribution in [-0.4, -0.2) is 40.7 Å². The maximum atomic E-state index is 11.5. The smallest absolute Gasteiger partial charge is 0.309 e. The first kappa shape index (κ1) is 12.7. The molecule has 1 saturated heterocycles. The highest BCUT2D eigenvalue weighted by molar-refractivity contribution is 7.10. The molecule has 7 heteroatoms. The number of methoxy groups -OCH3 is 1. The van der Waals surface area contributed by atoms with Crippen LogP contribution in [0.1, 0.15) is 18.5 Å². The fourth-order valence-electron chi connectivity index (χ4n) is 2.06. The fraction of sp³-hybridized carbons (Fsp3) is 0.700. The first-order chi connectivity index (χ1) is 8.20. The zero-order valence-electron chi connectivity index (χ0n) is 9.56. The number of ether oxygens (including phenoxy) is 1. The van der Waals surface area contributed by atoms with Gasteiger partial charge in [0.1, 0.15) is 10.0 Å². The maximum absolute atomic E-state index is 11.5. The molecule has 0 aromatic carbocycles. The van der Waals surface area contributed by atoms with Gasteiger partial charge in [-0.2, -0.15) is 0 Å². The van der Waals surface area contributed by atoms with Crippen LogP contribution in [0.2, 0.25) is 4.34 Å². The van der Waals surface area contributed by atoms with Crippen molar-refractivity contribution in [3.05, 3.63) is 10.0 Å². The Morgan fingerprint density at radius 3 is 3.18 bits per heavy atom. The second-order valence-electron chi connectivity index (χ2n) is 4.09. The van der Waals surface area contributed by atoms with E-state index in [1.165, 1.54) is 18.6 Å². The van der Waals surface area contributed by atoms with Gasteiger partial charge in [-0.05, 0) is 19.4 Å². The molecule has 0 saturated carbocycles. The van der Waals surface area contributed by atoms with Gasteiger partial charge >= 0.3 is 5.97 Å². The predicted molar refractivity (Wildman–Crippen MR) is 64.9 cm³/mol. The number of halogens is 1. The van der Waals surface area contributed by atoms with Crippen molar-refractivity contribution >= 4 is 29.1 Å². The van der Waals surface area contributed by atoms with E-state index < -0.39 is 0 Å². The summed E-state index contributed by atoms with van der Waals surface area (Å²) in [6, 6.07) is 0. The van der Waals surface area contributed by atoms with Crippen molar-refractivity contribution in [3.8, 4) is 0 Å². The Balaban J connectivity index is 1.94. The summed E-state index contributed by atoms with van der Waals surface area (Å²) in [5, 5.41) is 3.98. The lowest BCUT2D eigenvalue weighted by atomic mass is 9.98. The van der Waals surface area contributed by atoms with Crippen molar-refractivity contribution in [2.24, 2.45) is 5.92 Å². The van der Waals surface area contributed by atoms with Crippen molar-refractivity contribution < 1.29 is 9.53 Å². The minimum atomic E-state index is -0.128. The predicted octanol–water partition coefficient (Wildman–Crippen LogP) is 1.58. The Morgan fingerprint density at radius 2 is 2.53 bits per heavy atom. The molecule has 0 bridgehead atoms. The second-order valence-corrected chi connectivity index (χ2v) is 5.45. The molecule has 1 aromatic heterocycles. The van der Waals surface area contributed by atoms with E-state index in [2.05, 4.69) is 14.5 Å². The van der Waals surface area contributed by atoms with Crippen LogP contribution >= 0.6 is 23.1 Å². The van der Waals surface area contributed by atoms with Crippen molar-refractivity contribution in [3.63, 3.8) is 0 Å². The minimum absolute atomic E-state index is 0.0286. The molecule has 17 heavy (non-hydrogen) atoms. The molecular formula is C10H14ClN3O2S. The van der Waals surface area contributed by atoms with E-state index in [0.717, 1.165) is 25.1 Å². The Labute approximate surface area is 109 Å². The summed E-state index contributed by atoms with van der Waals surface area (Å²) in [6.45, 7) is 2.32. The maximum Gasteiger partial charge on any atom is 0.309 e. The summed E-state index contributed by atoms with van der Waals surface area (Å²) in [5.41, 5.74) is 0.794. The lowest BCUT2D eigenvalue weighted by molar-refractivity contribution is -0.147. The Bertz CT molecular complexity index is 399. The van der Waals surface area contributed by atoms with Crippen LogP contribution in [-0.2, 0) is 16.1 Å². The number of rotatable bonds is 3. The third kappa shape index (κ3) is 3.14. The van der Waals surface area contributed by atoms with E-state index in [-0.39, 0.29) is 11.9 Å². The average molecular weight is 276 g/mol. The highest BCUT2D eigenvalue weighted by atomic mass is 35.5. The highest BCUT2D eigenvalue weighted by Gasteiger charge is 2.27. The van der Waals surface area contributed by atoms with Crippen LogP contribution in [0.3, 0.4) is 0 Å². The molecule has 1 aliphatic heterocycles. The van der Waals surface area contributed by atoms with Crippen LogP contribution in [0.5, 0.6) is 0 Å². The molecule has 1 fully saturated rings. The number of esters is 1. The highest BCUT2D eigenvalue weighted by Crippen LogP contribution is 2.23. The van der Waals surface area contributed by atoms with Gasteiger partial charge in [0, 0.05) is 24.6 Å². The van der Waals surface area contributed by atoms with Gasteiger partial charge in [-0.1, -0.05) is 16.1 Å². The van der Waals surface area contributed by atoms with Gasteiger partial charge in [0.05, 0.1) is 13.0 Å². The monoisotopic (exact) mass is 275 g/mol. The van der Waals surface area contributed by atoms with E-state index in [9.17, 15) is 4.79 Å². The standard InChI is InChI=1S/C10H14ClN3O2S/c1-16-10(15)7-3-2-4-14(5-7)6-8-9(11)17-13-12-8/h7H,2-6H2,1H3. The average Bonchev–Trinajstić information content (AvgIpc) is 2.74. The fourth-order valence-corrected chi connectivity index (χ4v) is 2.67. The number of hydrogen-bond acceptors (Lipinski definition) is 6. The summed E-state index contributed by atoms with van der Waals surface area (Å²) >= 11 is 7.15. The third-order valence-electron chi connectivity index (χ3n) is 2.92. The lowest BCUT2D eigenvalue weighted by Gasteiger charge is -2.30. The van der Waals surface area contributed by atoms with Gasteiger partial charge in [-0.3, -0.25) is 9.69 Å². The second kappa shape index (κ2) is 5.75. The Morgan fingerprint density at radius 1 is 1.71 bits per heavy atom. The normalized spacial score (nSPS) is 21.4. The number of aromatic nitrogens is 2. The van der Waals surface area contributed by atoms with Gasteiger partial charge in [-0.15, -0.1) is 5.10 Å². The molecule has 1 aliphatic rings. The number of nitrogens with zero attached hydrogens (tertiary/aromatic N) is 3. The largest absolute Gasteiger partial charge is 0.469 e. The summed E-state index contributed by atoms with van der Waals surface area (Å²) in [5.74, 6) is -0.156. The molecule has 0 amide bonds. The molecule has 0 aliphatic carbocycles. The van der Waals surface area contributed by atoms with Gasteiger partial charge in [0.15, 0.2) is 0 Å². The van der Waals surface area contributed by atoms with Crippen LogP contribution in [0.4, 0.5) is 0 Å². The van der Waals surface area contributed by atoms with Crippen LogP contribution < -0.4 is 0 Å². The Hall–Kier alpha value is -0.720.